The summed E-state index contributed by atoms with van der Waals surface area (Å²) in [6.07, 6.45) is 0.901. The van der Waals surface area contributed by atoms with E-state index in [0.717, 1.165) is 11.3 Å². The van der Waals surface area contributed by atoms with Crippen LogP contribution in [0.25, 0.3) is 0 Å². The van der Waals surface area contributed by atoms with Crippen LogP contribution in [-0.4, -0.2) is 25.5 Å². The average molecular weight is 290 g/mol. The van der Waals surface area contributed by atoms with Crippen LogP contribution < -0.4 is 15.0 Å². The van der Waals surface area contributed by atoms with Crippen molar-refractivity contribution < 1.29 is 14.3 Å². The second-order valence-corrected chi connectivity index (χ2v) is 5.73. The fourth-order valence-corrected chi connectivity index (χ4v) is 2.25. The van der Waals surface area contributed by atoms with E-state index in [0.29, 0.717) is 37.7 Å². The lowest BCUT2D eigenvalue weighted by atomic mass is 10.1. The predicted octanol–water partition coefficient (Wildman–Crippen LogP) is 2.09. The number of nitrogens with one attached hydrogen (secondary N) is 1. The number of anilines is 1. The standard InChI is InChI=1S/C16H22N2O3/c1-11(2)8-15(19)17-10-12-4-5-14-13(9-12)18(3)16(20)6-7-21-14/h4-5,9,11H,6-8,10H2,1-3H3,(H,17,19). The van der Waals surface area contributed by atoms with Crippen LogP contribution in [0.4, 0.5) is 5.69 Å². The third-order valence-corrected chi connectivity index (χ3v) is 3.42. The third-order valence-electron chi connectivity index (χ3n) is 3.42. The molecule has 0 atom stereocenters. The average Bonchev–Trinajstić information content (AvgIpc) is 2.56. The molecule has 5 heteroatoms. The molecule has 5 nitrogen and oxygen atoms in total. The van der Waals surface area contributed by atoms with Gasteiger partial charge in [0.2, 0.25) is 11.8 Å². The van der Waals surface area contributed by atoms with Crippen molar-refractivity contribution >= 4 is 17.5 Å². The summed E-state index contributed by atoms with van der Waals surface area (Å²) in [7, 11) is 1.75. The van der Waals surface area contributed by atoms with Gasteiger partial charge in [-0.2, -0.15) is 0 Å². The van der Waals surface area contributed by atoms with E-state index in [1.54, 1.807) is 11.9 Å². The van der Waals surface area contributed by atoms with Gasteiger partial charge in [0.25, 0.3) is 0 Å². The normalized spacial score (nSPS) is 14.5. The summed E-state index contributed by atoms with van der Waals surface area (Å²) < 4.78 is 5.57. The second kappa shape index (κ2) is 6.61. The van der Waals surface area contributed by atoms with Crippen LogP contribution in [0.15, 0.2) is 18.2 Å². The Labute approximate surface area is 125 Å². The van der Waals surface area contributed by atoms with Gasteiger partial charge in [0.1, 0.15) is 5.75 Å². The Bertz CT molecular complexity index is 540. The molecule has 0 aromatic heterocycles. The van der Waals surface area contributed by atoms with Crippen molar-refractivity contribution in [3.63, 3.8) is 0 Å². The van der Waals surface area contributed by atoms with Gasteiger partial charge < -0.3 is 15.0 Å². The first kappa shape index (κ1) is 15.4. The molecule has 1 aromatic rings. The van der Waals surface area contributed by atoms with Crippen LogP contribution in [0.1, 0.15) is 32.3 Å². The van der Waals surface area contributed by atoms with Gasteiger partial charge in [-0.15, -0.1) is 0 Å². The van der Waals surface area contributed by atoms with Gasteiger partial charge >= 0.3 is 0 Å². The quantitative estimate of drug-likeness (QED) is 0.923. The Kier molecular flexibility index (Phi) is 4.83. The first-order valence-electron chi connectivity index (χ1n) is 7.26. The molecule has 0 fully saturated rings. The third kappa shape index (κ3) is 3.97. The van der Waals surface area contributed by atoms with Crippen LogP contribution in [0, 0.1) is 5.92 Å². The monoisotopic (exact) mass is 290 g/mol. The zero-order valence-electron chi connectivity index (χ0n) is 12.8. The summed E-state index contributed by atoms with van der Waals surface area (Å²) in [5, 5.41) is 2.90. The summed E-state index contributed by atoms with van der Waals surface area (Å²) >= 11 is 0. The van der Waals surface area contributed by atoms with Crippen molar-refractivity contribution in [3.8, 4) is 5.75 Å². The van der Waals surface area contributed by atoms with Gasteiger partial charge in [-0.05, 0) is 23.6 Å². The number of hydrogen-bond donors (Lipinski definition) is 1. The molecule has 1 heterocycles. The van der Waals surface area contributed by atoms with E-state index in [2.05, 4.69) is 5.32 Å². The van der Waals surface area contributed by atoms with E-state index in [9.17, 15) is 9.59 Å². The lowest BCUT2D eigenvalue weighted by molar-refractivity contribution is -0.122. The molecule has 0 spiro atoms. The van der Waals surface area contributed by atoms with Gasteiger partial charge in [-0.3, -0.25) is 9.59 Å². The van der Waals surface area contributed by atoms with Crippen LogP contribution in [-0.2, 0) is 16.1 Å². The number of benzene rings is 1. The Hall–Kier alpha value is -2.04. The number of fused-ring (bicyclic) bond motifs is 1. The van der Waals surface area contributed by atoms with E-state index in [1.807, 2.05) is 32.0 Å². The smallest absolute Gasteiger partial charge is 0.230 e. The molecular formula is C16H22N2O3. The maximum atomic E-state index is 11.9. The molecular weight excluding hydrogens is 268 g/mol. The lowest BCUT2D eigenvalue weighted by Crippen LogP contribution is -2.26. The second-order valence-electron chi connectivity index (χ2n) is 5.73. The van der Waals surface area contributed by atoms with Crippen LogP contribution in [0.3, 0.4) is 0 Å². The number of carbonyl (C=O) groups is 2. The molecule has 114 valence electrons. The Morgan fingerprint density at radius 1 is 1.43 bits per heavy atom. The molecule has 1 N–H and O–H groups in total. The van der Waals surface area contributed by atoms with Crippen LogP contribution in [0.5, 0.6) is 5.75 Å². The molecule has 1 aliphatic heterocycles. The largest absolute Gasteiger partial charge is 0.491 e. The Morgan fingerprint density at radius 2 is 2.19 bits per heavy atom. The molecule has 0 unspecified atom stereocenters. The molecule has 0 saturated heterocycles. The van der Waals surface area contributed by atoms with Crippen molar-refractivity contribution in [1.29, 1.82) is 0 Å². The molecule has 1 aliphatic rings. The number of carbonyl (C=O) groups excluding carboxylic acids is 2. The van der Waals surface area contributed by atoms with Crippen LogP contribution in [0.2, 0.25) is 0 Å². The highest BCUT2D eigenvalue weighted by molar-refractivity contribution is 5.95. The number of amides is 2. The van der Waals surface area contributed by atoms with E-state index in [-0.39, 0.29) is 11.8 Å². The SMILES string of the molecule is CC(C)CC(=O)NCc1ccc2c(c1)N(C)C(=O)CCO2. The minimum absolute atomic E-state index is 0.0368. The molecule has 0 radical (unpaired) electrons. The van der Waals surface area contributed by atoms with Gasteiger partial charge in [0.15, 0.2) is 0 Å². The predicted molar refractivity (Wildman–Crippen MR) is 81.3 cm³/mol. The van der Waals surface area contributed by atoms with Crippen molar-refractivity contribution in [1.82, 2.24) is 5.32 Å². The van der Waals surface area contributed by atoms with E-state index >= 15 is 0 Å². The van der Waals surface area contributed by atoms with Crippen molar-refractivity contribution in [2.45, 2.75) is 33.2 Å². The number of rotatable bonds is 4. The molecule has 0 saturated carbocycles. The maximum Gasteiger partial charge on any atom is 0.230 e. The molecule has 1 aromatic carbocycles. The highest BCUT2D eigenvalue weighted by Gasteiger charge is 2.20. The van der Waals surface area contributed by atoms with E-state index < -0.39 is 0 Å². The minimum atomic E-state index is 0.0368. The molecule has 0 aliphatic carbocycles. The van der Waals surface area contributed by atoms with Crippen molar-refractivity contribution in [2.24, 2.45) is 5.92 Å². The summed E-state index contributed by atoms with van der Waals surface area (Å²) in [6.45, 7) is 4.89. The minimum Gasteiger partial charge on any atom is -0.491 e. The number of hydrogen-bond acceptors (Lipinski definition) is 3. The van der Waals surface area contributed by atoms with Gasteiger partial charge in [-0.1, -0.05) is 19.9 Å². The maximum absolute atomic E-state index is 11.9. The topological polar surface area (TPSA) is 58.6 Å². The molecule has 0 bridgehead atoms. The Morgan fingerprint density at radius 3 is 2.90 bits per heavy atom. The van der Waals surface area contributed by atoms with Crippen LogP contribution >= 0.6 is 0 Å². The highest BCUT2D eigenvalue weighted by Crippen LogP contribution is 2.31. The van der Waals surface area contributed by atoms with Gasteiger partial charge in [0, 0.05) is 20.0 Å². The van der Waals surface area contributed by atoms with Gasteiger partial charge in [0.05, 0.1) is 18.7 Å². The first-order chi connectivity index (χ1) is 9.97. The van der Waals surface area contributed by atoms with Gasteiger partial charge in [-0.25, -0.2) is 0 Å². The molecule has 21 heavy (non-hydrogen) atoms. The molecule has 2 rings (SSSR count). The first-order valence-corrected chi connectivity index (χ1v) is 7.26. The zero-order valence-corrected chi connectivity index (χ0v) is 12.8. The lowest BCUT2D eigenvalue weighted by Gasteiger charge is -2.17. The number of ether oxygens (including phenoxy) is 1. The van der Waals surface area contributed by atoms with E-state index in [4.69, 9.17) is 4.74 Å². The van der Waals surface area contributed by atoms with Crippen molar-refractivity contribution in [3.05, 3.63) is 23.8 Å². The molecule has 2 amide bonds. The highest BCUT2D eigenvalue weighted by atomic mass is 16.5. The van der Waals surface area contributed by atoms with Crippen molar-refractivity contribution in [2.75, 3.05) is 18.6 Å². The number of nitrogens with zero attached hydrogens (tertiary/aromatic N) is 1. The summed E-state index contributed by atoms with van der Waals surface area (Å²) in [5.41, 5.74) is 1.71. The Balaban J connectivity index is 2.08. The summed E-state index contributed by atoms with van der Waals surface area (Å²) in [4.78, 5) is 25.2. The zero-order chi connectivity index (χ0) is 15.4. The fraction of sp³-hybridized carbons (Fsp3) is 0.500. The van der Waals surface area contributed by atoms with E-state index in [1.165, 1.54) is 0 Å². The summed E-state index contributed by atoms with van der Waals surface area (Å²) in [5.74, 6) is 1.13. The fourth-order valence-electron chi connectivity index (χ4n) is 2.25. The summed E-state index contributed by atoms with van der Waals surface area (Å²) in [6, 6.07) is 5.67.